The van der Waals surface area contributed by atoms with E-state index in [9.17, 15) is 19.6 Å². The molecule has 0 radical (unpaired) electrons. The molecule has 1 amide bonds. The highest BCUT2D eigenvalue weighted by atomic mass is 16.5. The van der Waals surface area contributed by atoms with Crippen molar-refractivity contribution < 1.29 is 28.6 Å². The number of hydrogen-bond acceptors (Lipinski definition) is 9. The number of nitriles is 1. The van der Waals surface area contributed by atoms with Crippen molar-refractivity contribution in [3.05, 3.63) is 95.8 Å². The molecule has 1 aromatic heterocycles. The molecule has 1 unspecified atom stereocenters. The Kier molecular flexibility index (Phi) is 11.9. The predicted octanol–water partition coefficient (Wildman–Crippen LogP) is 4.44. The van der Waals surface area contributed by atoms with Crippen LogP contribution < -0.4 is 15.0 Å². The summed E-state index contributed by atoms with van der Waals surface area (Å²) in [6.07, 6.45) is 7.52. The molecule has 1 saturated heterocycles. The molecule has 1 fully saturated rings. The summed E-state index contributed by atoms with van der Waals surface area (Å²) in [6.45, 7) is 3.45. The summed E-state index contributed by atoms with van der Waals surface area (Å²) in [5.41, 5.74) is 2.82. The van der Waals surface area contributed by atoms with E-state index in [1.165, 1.54) is 12.2 Å². The molecule has 0 aliphatic carbocycles. The van der Waals surface area contributed by atoms with Gasteiger partial charge in [-0.3, -0.25) is 14.6 Å². The maximum absolute atomic E-state index is 13.4. The number of esters is 2. The van der Waals surface area contributed by atoms with E-state index in [2.05, 4.69) is 21.3 Å². The van der Waals surface area contributed by atoms with E-state index in [0.29, 0.717) is 29.7 Å². The number of carbonyl (C=O) groups excluding carboxylic acids is 3. The van der Waals surface area contributed by atoms with Gasteiger partial charge >= 0.3 is 11.9 Å². The maximum atomic E-state index is 13.4. The molecule has 10 nitrogen and oxygen atoms in total. The molecular weight excluding hydrogens is 560 g/mol. The van der Waals surface area contributed by atoms with E-state index < -0.39 is 18.0 Å². The van der Waals surface area contributed by atoms with Crippen LogP contribution in [0.2, 0.25) is 0 Å². The Labute approximate surface area is 257 Å². The van der Waals surface area contributed by atoms with Gasteiger partial charge in [-0.1, -0.05) is 30.3 Å². The minimum atomic E-state index is -0.698. The van der Waals surface area contributed by atoms with Crippen LogP contribution in [-0.2, 0) is 30.5 Å². The predicted molar refractivity (Wildman–Crippen MR) is 164 cm³/mol. The van der Waals surface area contributed by atoms with Gasteiger partial charge in [-0.25, -0.2) is 4.79 Å². The van der Waals surface area contributed by atoms with E-state index in [-0.39, 0.29) is 38.1 Å². The van der Waals surface area contributed by atoms with Crippen LogP contribution in [0.3, 0.4) is 0 Å². The lowest BCUT2D eigenvalue weighted by Gasteiger charge is -2.33. The second-order valence-electron chi connectivity index (χ2n) is 10.3. The molecule has 1 N–H and O–H groups in total. The van der Waals surface area contributed by atoms with E-state index in [1.807, 2.05) is 42.5 Å². The van der Waals surface area contributed by atoms with E-state index in [1.54, 1.807) is 37.5 Å². The molecule has 1 aliphatic rings. The van der Waals surface area contributed by atoms with Crippen LogP contribution in [-0.4, -0.2) is 55.2 Å². The number of aromatic nitrogens is 1. The van der Waals surface area contributed by atoms with Crippen LogP contribution >= 0.6 is 0 Å². The topological polar surface area (TPSA) is 131 Å². The monoisotopic (exact) mass is 596 g/mol. The zero-order valence-electron chi connectivity index (χ0n) is 24.7. The van der Waals surface area contributed by atoms with Crippen LogP contribution in [0.1, 0.15) is 42.9 Å². The highest BCUT2D eigenvalue weighted by Crippen LogP contribution is 2.24. The molecule has 3 aromatic rings. The zero-order chi connectivity index (χ0) is 31.1. The second kappa shape index (κ2) is 16.5. The van der Waals surface area contributed by atoms with Crippen molar-refractivity contribution >= 4 is 29.6 Å². The van der Waals surface area contributed by atoms with Crippen molar-refractivity contribution in [3.8, 4) is 11.8 Å². The third-order valence-corrected chi connectivity index (χ3v) is 7.16. The van der Waals surface area contributed by atoms with Gasteiger partial charge in [0.15, 0.2) is 0 Å². The molecule has 10 heteroatoms. The number of pyridine rings is 1. The van der Waals surface area contributed by atoms with Crippen molar-refractivity contribution in [1.29, 1.82) is 5.26 Å². The van der Waals surface area contributed by atoms with Crippen molar-refractivity contribution in [2.24, 2.45) is 5.92 Å². The van der Waals surface area contributed by atoms with Crippen LogP contribution in [0.15, 0.2) is 79.1 Å². The third-order valence-electron chi connectivity index (χ3n) is 7.16. The van der Waals surface area contributed by atoms with Gasteiger partial charge in [0.1, 0.15) is 19.0 Å². The Morgan fingerprint density at radius 1 is 1.07 bits per heavy atom. The number of piperidine rings is 1. The molecule has 0 saturated carbocycles. The summed E-state index contributed by atoms with van der Waals surface area (Å²) in [5, 5.41) is 12.4. The number of hydrogen-bond donors (Lipinski definition) is 1. The Morgan fingerprint density at radius 2 is 1.82 bits per heavy atom. The van der Waals surface area contributed by atoms with Gasteiger partial charge in [-0.05, 0) is 61.7 Å². The molecule has 2 heterocycles. The molecule has 2 aromatic carbocycles. The van der Waals surface area contributed by atoms with E-state index in [0.717, 1.165) is 24.3 Å². The zero-order valence-corrected chi connectivity index (χ0v) is 24.7. The molecule has 0 spiro atoms. The molecule has 4 rings (SSSR count). The summed E-state index contributed by atoms with van der Waals surface area (Å²) in [6, 6.07) is 19.4. The minimum Gasteiger partial charge on any atom is -0.491 e. The van der Waals surface area contributed by atoms with Crippen LogP contribution in [0.4, 0.5) is 5.69 Å². The lowest BCUT2D eigenvalue weighted by atomic mass is 9.95. The quantitative estimate of drug-likeness (QED) is 0.225. The molecular formula is C34H36N4O6. The first kappa shape index (κ1) is 31.8. The third kappa shape index (κ3) is 9.70. The molecule has 1 atom stereocenters. The Hall–Kier alpha value is -5.17. The largest absolute Gasteiger partial charge is 0.491 e. The van der Waals surface area contributed by atoms with Crippen molar-refractivity contribution in [2.75, 3.05) is 31.2 Å². The van der Waals surface area contributed by atoms with Crippen molar-refractivity contribution in [2.45, 2.75) is 38.8 Å². The van der Waals surface area contributed by atoms with Gasteiger partial charge in [0.05, 0.1) is 30.7 Å². The number of amides is 1. The van der Waals surface area contributed by atoms with E-state index >= 15 is 0 Å². The van der Waals surface area contributed by atoms with Gasteiger partial charge in [0.2, 0.25) is 5.91 Å². The summed E-state index contributed by atoms with van der Waals surface area (Å²) in [4.78, 5) is 44.4. The van der Waals surface area contributed by atoms with Crippen LogP contribution in [0.5, 0.6) is 5.75 Å². The lowest BCUT2D eigenvalue weighted by Crippen LogP contribution is -2.46. The van der Waals surface area contributed by atoms with Crippen molar-refractivity contribution in [1.82, 2.24) is 10.3 Å². The molecule has 1 aliphatic heterocycles. The average Bonchev–Trinajstić information content (AvgIpc) is 3.06. The second-order valence-corrected chi connectivity index (χ2v) is 10.3. The Morgan fingerprint density at radius 3 is 2.52 bits per heavy atom. The fraction of sp³-hybridized carbons (Fsp3) is 0.324. The van der Waals surface area contributed by atoms with Gasteiger partial charge < -0.3 is 24.4 Å². The highest BCUT2D eigenvalue weighted by molar-refractivity contribution is 5.87. The van der Waals surface area contributed by atoms with Gasteiger partial charge in [-0.2, -0.15) is 5.26 Å². The Bertz CT molecular complexity index is 1460. The highest BCUT2D eigenvalue weighted by Gasteiger charge is 2.28. The van der Waals surface area contributed by atoms with E-state index in [4.69, 9.17) is 14.2 Å². The average molecular weight is 597 g/mol. The fourth-order valence-electron chi connectivity index (χ4n) is 4.83. The summed E-state index contributed by atoms with van der Waals surface area (Å²) in [5.74, 6) is -1.04. The van der Waals surface area contributed by atoms with Gasteiger partial charge in [0.25, 0.3) is 0 Å². The number of rotatable bonds is 13. The lowest BCUT2D eigenvalue weighted by molar-refractivity contribution is -0.146. The number of anilines is 1. The molecule has 0 bridgehead atoms. The standard InChI is InChI=1S/C34H36N4O6/c1-2-42-32(39)11-10-27-9-8-26(22-35)20-31(27)43-24-29(21-33(40)44-23-25-6-4-3-5-7-25)37-34(41)28-14-18-38(19-15-28)30-12-16-36-17-13-30/h3-13,16-17,20,28-29H,2,14-15,18-19,21,23-24H2,1H3,(H,37,41). The first-order valence-electron chi connectivity index (χ1n) is 14.6. The first-order chi connectivity index (χ1) is 21.4. The fourth-order valence-corrected chi connectivity index (χ4v) is 4.83. The molecule has 44 heavy (non-hydrogen) atoms. The minimum absolute atomic E-state index is 0.0584. The van der Waals surface area contributed by atoms with Gasteiger partial charge in [0, 0.05) is 48.7 Å². The summed E-state index contributed by atoms with van der Waals surface area (Å²) >= 11 is 0. The number of benzene rings is 2. The first-order valence-corrected chi connectivity index (χ1v) is 14.6. The maximum Gasteiger partial charge on any atom is 0.330 e. The summed E-state index contributed by atoms with van der Waals surface area (Å²) < 4.78 is 16.5. The van der Waals surface area contributed by atoms with Crippen molar-refractivity contribution in [3.63, 3.8) is 0 Å². The Balaban J connectivity index is 1.43. The van der Waals surface area contributed by atoms with Gasteiger partial charge in [-0.15, -0.1) is 0 Å². The number of ether oxygens (including phenoxy) is 3. The normalized spacial score (nSPS) is 14.0. The number of nitrogens with one attached hydrogen (secondary N) is 1. The summed E-state index contributed by atoms with van der Waals surface area (Å²) in [7, 11) is 0. The molecule has 228 valence electrons. The van der Waals surface area contributed by atoms with Crippen LogP contribution in [0.25, 0.3) is 6.08 Å². The number of nitrogens with zero attached hydrogens (tertiary/aromatic N) is 3. The van der Waals surface area contributed by atoms with Crippen LogP contribution in [0, 0.1) is 17.2 Å². The smallest absolute Gasteiger partial charge is 0.330 e. The SMILES string of the molecule is CCOC(=O)C=Cc1ccc(C#N)cc1OCC(CC(=O)OCc1ccccc1)NC(=O)C1CCN(c2ccncc2)CC1. The number of carbonyl (C=O) groups is 3.